The summed E-state index contributed by atoms with van der Waals surface area (Å²) in [4.78, 5) is 0. The van der Waals surface area contributed by atoms with Crippen LogP contribution < -0.4 is 10.5 Å². The first-order chi connectivity index (χ1) is 7.20. The highest BCUT2D eigenvalue weighted by molar-refractivity contribution is 5.40. The van der Waals surface area contributed by atoms with E-state index in [9.17, 15) is 4.39 Å². The minimum atomic E-state index is -0.312. The van der Waals surface area contributed by atoms with Gasteiger partial charge in [0.1, 0.15) is 17.2 Å². The Morgan fingerprint density at radius 2 is 1.88 bits per heavy atom. The minimum absolute atomic E-state index is 0.242. The molecule has 0 aliphatic rings. The Morgan fingerprint density at radius 1 is 1.31 bits per heavy atom. The van der Waals surface area contributed by atoms with Gasteiger partial charge in [0.05, 0.1) is 0 Å². The Hall–Kier alpha value is -1.09. The maximum absolute atomic E-state index is 13.4. The van der Waals surface area contributed by atoms with Crippen molar-refractivity contribution in [3.63, 3.8) is 0 Å². The van der Waals surface area contributed by atoms with Gasteiger partial charge in [0.2, 0.25) is 0 Å². The first-order valence-electron chi connectivity index (χ1n) is 5.45. The summed E-state index contributed by atoms with van der Waals surface area (Å²) in [6.45, 7) is 9.40. The molecule has 1 atom stereocenters. The number of hydrogen-bond donors (Lipinski definition) is 1. The molecule has 2 nitrogen and oxygen atoms in total. The molecule has 1 rings (SSSR count). The molecule has 0 amide bonds. The molecule has 1 aromatic rings. The van der Waals surface area contributed by atoms with Crippen LogP contribution >= 0.6 is 0 Å². The second-order valence-corrected chi connectivity index (χ2v) is 5.14. The fourth-order valence-electron chi connectivity index (χ4n) is 1.44. The number of nitrogens with two attached hydrogens (primary N) is 1. The van der Waals surface area contributed by atoms with E-state index in [2.05, 4.69) is 0 Å². The lowest BCUT2D eigenvalue weighted by atomic mass is 10.0. The molecule has 0 bridgehead atoms. The van der Waals surface area contributed by atoms with Crippen LogP contribution in [0, 0.1) is 12.7 Å². The molecule has 0 saturated heterocycles. The van der Waals surface area contributed by atoms with Gasteiger partial charge in [0.15, 0.2) is 0 Å². The van der Waals surface area contributed by atoms with Crippen LogP contribution in [0.1, 0.15) is 44.9 Å². The Labute approximate surface area is 96.6 Å². The normalized spacial score (nSPS) is 13.7. The highest BCUT2D eigenvalue weighted by Crippen LogP contribution is 2.29. The third-order valence-electron chi connectivity index (χ3n) is 2.20. The van der Waals surface area contributed by atoms with Crippen LogP contribution in [0.2, 0.25) is 0 Å². The van der Waals surface area contributed by atoms with Gasteiger partial charge in [-0.15, -0.1) is 0 Å². The Balaban J connectivity index is 3.20. The van der Waals surface area contributed by atoms with Crippen molar-refractivity contribution >= 4 is 0 Å². The van der Waals surface area contributed by atoms with E-state index in [-0.39, 0.29) is 17.5 Å². The van der Waals surface area contributed by atoms with Gasteiger partial charge in [-0.2, -0.15) is 0 Å². The quantitative estimate of drug-likeness (QED) is 0.837. The van der Waals surface area contributed by atoms with Gasteiger partial charge < -0.3 is 10.5 Å². The summed E-state index contributed by atoms with van der Waals surface area (Å²) >= 11 is 0. The predicted molar refractivity (Wildman–Crippen MR) is 64.1 cm³/mol. The summed E-state index contributed by atoms with van der Waals surface area (Å²) in [5.41, 5.74) is 6.77. The van der Waals surface area contributed by atoms with Crippen LogP contribution in [0.4, 0.5) is 4.39 Å². The van der Waals surface area contributed by atoms with E-state index in [1.807, 2.05) is 27.7 Å². The van der Waals surface area contributed by atoms with E-state index in [1.54, 1.807) is 13.0 Å². The monoisotopic (exact) mass is 225 g/mol. The largest absolute Gasteiger partial charge is 0.488 e. The molecule has 3 heteroatoms. The van der Waals surface area contributed by atoms with E-state index in [4.69, 9.17) is 10.5 Å². The molecule has 16 heavy (non-hydrogen) atoms. The smallest absolute Gasteiger partial charge is 0.126 e. The van der Waals surface area contributed by atoms with Gasteiger partial charge in [-0.05, 0) is 52.3 Å². The summed E-state index contributed by atoms with van der Waals surface area (Å²) in [5, 5.41) is 0. The van der Waals surface area contributed by atoms with Crippen molar-refractivity contribution in [1.29, 1.82) is 0 Å². The number of benzene rings is 1. The second kappa shape index (κ2) is 4.42. The lowest BCUT2D eigenvalue weighted by Crippen LogP contribution is -2.24. The van der Waals surface area contributed by atoms with Crippen LogP contribution in [0.25, 0.3) is 0 Å². The molecule has 90 valence electrons. The highest BCUT2D eigenvalue weighted by Gasteiger charge is 2.18. The summed E-state index contributed by atoms with van der Waals surface area (Å²) in [6.07, 6.45) is 0. The van der Waals surface area contributed by atoms with Crippen molar-refractivity contribution in [2.24, 2.45) is 5.73 Å². The number of hydrogen-bond acceptors (Lipinski definition) is 2. The van der Waals surface area contributed by atoms with E-state index >= 15 is 0 Å². The Kier molecular flexibility index (Phi) is 3.58. The molecule has 0 radical (unpaired) electrons. The van der Waals surface area contributed by atoms with Crippen molar-refractivity contribution in [3.8, 4) is 5.75 Å². The molecular formula is C13H20FNO. The topological polar surface area (TPSA) is 35.2 Å². The summed E-state index contributed by atoms with van der Waals surface area (Å²) in [7, 11) is 0. The molecule has 1 unspecified atom stereocenters. The molecular weight excluding hydrogens is 205 g/mol. The van der Waals surface area contributed by atoms with Crippen LogP contribution in [-0.4, -0.2) is 5.60 Å². The molecule has 0 spiro atoms. The van der Waals surface area contributed by atoms with Gasteiger partial charge in [0, 0.05) is 11.6 Å². The standard InChI is InChI=1S/C13H20FNO/c1-8-6-12(16-13(3,4)5)10(9(2)15)7-11(8)14/h6-7,9H,15H2,1-5H3. The Morgan fingerprint density at radius 3 is 2.31 bits per heavy atom. The van der Waals surface area contributed by atoms with Crippen LogP contribution in [0.5, 0.6) is 5.75 Å². The third kappa shape index (κ3) is 3.20. The zero-order valence-corrected chi connectivity index (χ0v) is 10.6. The number of aryl methyl sites for hydroxylation is 1. The van der Waals surface area contributed by atoms with Gasteiger partial charge >= 0.3 is 0 Å². The predicted octanol–water partition coefficient (Wildman–Crippen LogP) is 3.33. The summed E-state index contributed by atoms with van der Waals surface area (Å²) in [6, 6.07) is 2.92. The number of rotatable bonds is 2. The summed E-state index contributed by atoms with van der Waals surface area (Å²) < 4.78 is 19.2. The average molecular weight is 225 g/mol. The average Bonchev–Trinajstić information content (AvgIpc) is 2.07. The van der Waals surface area contributed by atoms with Crippen LogP contribution in [0.15, 0.2) is 12.1 Å². The maximum Gasteiger partial charge on any atom is 0.126 e. The third-order valence-corrected chi connectivity index (χ3v) is 2.20. The molecule has 2 N–H and O–H groups in total. The van der Waals surface area contributed by atoms with E-state index < -0.39 is 0 Å². The fourth-order valence-corrected chi connectivity index (χ4v) is 1.44. The molecule has 0 heterocycles. The first-order valence-corrected chi connectivity index (χ1v) is 5.45. The van der Waals surface area contributed by atoms with E-state index in [0.29, 0.717) is 16.9 Å². The molecule has 1 aromatic carbocycles. The van der Waals surface area contributed by atoms with Gasteiger partial charge in [-0.3, -0.25) is 0 Å². The fraction of sp³-hybridized carbons (Fsp3) is 0.538. The highest BCUT2D eigenvalue weighted by atomic mass is 19.1. The van der Waals surface area contributed by atoms with Crippen molar-refractivity contribution in [2.45, 2.75) is 46.3 Å². The summed E-state index contributed by atoms with van der Waals surface area (Å²) in [5.74, 6) is 0.426. The zero-order valence-electron chi connectivity index (χ0n) is 10.6. The second-order valence-electron chi connectivity index (χ2n) is 5.14. The lowest BCUT2D eigenvalue weighted by molar-refractivity contribution is 0.128. The maximum atomic E-state index is 13.4. The number of halogens is 1. The molecule has 0 saturated carbocycles. The molecule has 0 fully saturated rings. The molecule has 0 aliphatic carbocycles. The van der Waals surface area contributed by atoms with Crippen molar-refractivity contribution in [1.82, 2.24) is 0 Å². The van der Waals surface area contributed by atoms with Gasteiger partial charge in [-0.25, -0.2) is 4.39 Å². The van der Waals surface area contributed by atoms with Gasteiger partial charge in [-0.1, -0.05) is 0 Å². The van der Waals surface area contributed by atoms with Crippen LogP contribution in [0.3, 0.4) is 0 Å². The number of ether oxygens (including phenoxy) is 1. The SMILES string of the molecule is Cc1cc(OC(C)(C)C)c(C(C)N)cc1F. The molecule has 0 aromatic heterocycles. The van der Waals surface area contributed by atoms with Crippen LogP contribution in [-0.2, 0) is 0 Å². The minimum Gasteiger partial charge on any atom is -0.488 e. The van der Waals surface area contributed by atoms with Gasteiger partial charge in [0.25, 0.3) is 0 Å². The van der Waals surface area contributed by atoms with Crippen molar-refractivity contribution < 1.29 is 9.13 Å². The molecule has 0 aliphatic heterocycles. The van der Waals surface area contributed by atoms with Crippen molar-refractivity contribution in [2.75, 3.05) is 0 Å². The zero-order chi connectivity index (χ0) is 12.5. The van der Waals surface area contributed by atoms with Crippen molar-refractivity contribution in [3.05, 3.63) is 29.1 Å². The van der Waals surface area contributed by atoms with E-state index in [1.165, 1.54) is 6.07 Å². The first kappa shape index (κ1) is 13.0. The van der Waals surface area contributed by atoms with E-state index in [0.717, 1.165) is 0 Å². The Bertz CT molecular complexity index is 380. The lowest BCUT2D eigenvalue weighted by Gasteiger charge is -2.24.